The maximum atomic E-state index is 12.7. The van der Waals surface area contributed by atoms with Crippen LogP contribution < -0.4 is 0 Å². The minimum atomic E-state index is -3.48. The van der Waals surface area contributed by atoms with E-state index in [0.29, 0.717) is 9.79 Å². The molecule has 0 aliphatic rings. The lowest BCUT2D eigenvalue weighted by atomic mass is 10.2. The number of hydrogen-bond donors (Lipinski definition) is 1. The minimum Gasteiger partial charge on any atom is -0.305 e. The van der Waals surface area contributed by atoms with Crippen molar-refractivity contribution in [3.05, 3.63) is 78.4 Å². The van der Waals surface area contributed by atoms with Gasteiger partial charge >= 0.3 is 0 Å². The van der Waals surface area contributed by atoms with Gasteiger partial charge in [-0.25, -0.2) is 8.42 Å². The van der Waals surface area contributed by atoms with E-state index in [1.165, 1.54) is 0 Å². The van der Waals surface area contributed by atoms with E-state index in [2.05, 4.69) is 23.6 Å². The highest BCUT2D eigenvalue weighted by Crippen LogP contribution is 2.32. The first kappa shape index (κ1) is 20.0. The maximum Gasteiger partial charge on any atom is 0.206 e. The first-order chi connectivity index (χ1) is 12.9. The van der Waals surface area contributed by atoms with Crippen LogP contribution >= 0.6 is 24.4 Å². The summed E-state index contributed by atoms with van der Waals surface area (Å²) in [6, 6.07) is 21.7. The highest BCUT2D eigenvalue weighted by molar-refractivity contribution is 7.99. The van der Waals surface area contributed by atoms with Gasteiger partial charge in [-0.05, 0) is 74.3 Å². The second-order valence-corrected chi connectivity index (χ2v) is 10.00. The molecule has 0 radical (unpaired) electrons. The van der Waals surface area contributed by atoms with Gasteiger partial charge in [0.2, 0.25) is 9.84 Å². The van der Waals surface area contributed by atoms with Crippen molar-refractivity contribution in [2.45, 2.75) is 31.0 Å². The van der Waals surface area contributed by atoms with Crippen LogP contribution in [0.3, 0.4) is 0 Å². The molecule has 0 aliphatic carbocycles. The Kier molecular flexibility index (Phi) is 6.32. The van der Waals surface area contributed by atoms with Gasteiger partial charge in [0, 0.05) is 21.2 Å². The number of benzene rings is 3. The predicted molar refractivity (Wildman–Crippen MR) is 114 cm³/mol. The third-order valence-corrected chi connectivity index (χ3v) is 7.18. The maximum absolute atomic E-state index is 12.7. The lowest BCUT2D eigenvalue weighted by Crippen LogP contribution is -2.11. The van der Waals surface area contributed by atoms with Crippen LogP contribution in [-0.4, -0.2) is 27.4 Å². The Morgan fingerprint density at radius 3 is 2.07 bits per heavy atom. The Balaban J connectivity index is 1.81. The van der Waals surface area contributed by atoms with Crippen molar-refractivity contribution in [2.24, 2.45) is 0 Å². The van der Waals surface area contributed by atoms with Gasteiger partial charge in [0.05, 0.1) is 9.79 Å². The molecule has 27 heavy (non-hydrogen) atoms. The predicted octanol–water partition coefficient (Wildman–Crippen LogP) is 5.02. The normalized spacial score (nSPS) is 11.7. The molecule has 0 spiro atoms. The molecule has 0 atom stereocenters. The van der Waals surface area contributed by atoms with Crippen LogP contribution in [0.5, 0.6) is 0 Å². The highest BCUT2D eigenvalue weighted by Gasteiger charge is 2.16. The first-order valence-corrected chi connectivity index (χ1v) is 11.2. The third-order valence-electron chi connectivity index (χ3n) is 3.96. The minimum absolute atomic E-state index is 0.303. The van der Waals surface area contributed by atoms with Crippen LogP contribution in [0.4, 0.5) is 0 Å². The summed E-state index contributed by atoms with van der Waals surface area (Å²) in [5, 5.41) is 0. The summed E-state index contributed by atoms with van der Waals surface area (Å²) >= 11 is 6.13. The average Bonchev–Trinajstić information content (AvgIpc) is 2.65. The molecular weight excluding hydrogens is 394 g/mol. The fourth-order valence-electron chi connectivity index (χ4n) is 2.65. The number of hydrogen-bond acceptors (Lipinski definition) is 5. The second-order valence-electron chi connectivity index (χ2n) is 6.42. The van der Waals surface area contributed by atoms with Gasteiger partial charge in [-0.1, -0.05) is 30.0 Å². The van der Waals surface area contributed by atoms with Crippen molar-refractivity contribution in [3.8, 4) is 0 Å². The highest BCUT2D eigenvalue weighted by atomic mass is 32.2. The monoisotopic (exact) mass is 415 g/mol. The molecular formula is C21H21NO2S3. The van der Waals surface area contributed by atoms with E-state index < -0.39 is 9.84 Å². The van der Waals surface area contributed by atoms with Crippen LogP contribution in [0, 0.1) is 0 Å². The summed E-state index contributed by atoms with van der Waals surface area (Å²) in [5.74, 6) is 0. The third kappa shape index (κ3) is 4.96. The zero-order valence-electron chi connectivity index (χ0n) is 15.2. The van der Waals surface area contributed by atoms with Crippen molar-refractivity contribution in [1.29, 1.82) is 0 Å². The Morgan fingerprint density at radius 1 is 0.852 bits per heavy atom. The zero-order chi connectivity index (χ0) is 19.4. The molecule has 0 unspecified atom stereocenters. The molecule has 0 aromatic heterocycles. The molecule has 3 aromatic carbocycles. The van der Waals surface area contributed by atoms with Crippen LogP contribution in [0.15, 0.2) is 97.3 Å². The van der Waals surface area contributed by atoms with Gasteiger partial charge in [-0.15, -0.1) is 12.6 Å². The van der Waals surface area contributed by atoms with Crippen LogP contribution in [-0.2, 0) is 16.4 Å². The summed E-state index contributed by atoms with van der Waals surface area (Å²) in [5.41, 5.74) is 1.16. The summed E-state index contributed by atoms with van der Waals surface area (Å²) in [6.07, 6.45) is 0. The second kappa shape index (κ2) is 8.52. The Hall–Kier alpha value is -1.73. The molecule has 0 N–H and O–H groups in total. The Bertz CT molecular complexity index is 1020. The van der Waals surface area contributed by atoms with Gasteiger partial charge in [0.25, 0.3) is 0 Å². The molecule has 0 heterocycles. The molecule has 3 aromatic rings. The quantitative estimate of drug-likeness (QED) is 0.574. The molecule has 0 saturated heterocycles. The number of thiol groups is 1. The fourth-order valence-corrected chi connectivity index (χ4v) is 5.02. The van der Waals surface area contributed by atoms with E-state index in [0.717, 1.165) is 26.8 Å². The topological polar surface area (TPSA) is 37.4 Å². The lowest BCUT2D eigenvalue weighted by Gasteiger charge is -2.13. The van der Waals surface area contributed by atoms with Crippen molar-refractivity contribution < 1.29 is 8.42 Å². The van der Waals surface area contributed by atoms with E-state index in [1.54, 1.807) is 54.2 Å². The van der Waals surface area contributed by atoms with E-state index >= 15 is 0 Å². The zero-order valence-corrected chi connectivity index (χ0v) is 17.7. The van der Waals surface area contributed by atoms with Crippen molar-refractivity contribution >= 4 is 34.2 Å². The molecule has 3 nitrogen and oxygen atoms in total. The van der Waals surface area contributed by atoms with Gasteiger partial charge in [0.1, 0.15) is 0 Å². The Labute approximate surface area is 170 Å². The van der Waals surface area contributed by atoms with E-state index in [9.17, 15) is 8.42 Å². The van der Waals surface area contributed by atoms with Gasteiger partial charge in [0.15, 0.2) is 0 Å². The number of sulfone groups is 1. The van der Waals surface area contributed by atoms with Gasteiger partial charge in [-0.3, -0.25) is 0 Å². The average molecular weight is 416 g/mol. The molecule has 140 valence electrons. The van der Waals surface area contributed by atoms with Crippen molar-refractivity contribution in [2.75, 3.05) is 14.1 Å². The molecule has 0 aliphatic heterocycles. The fraction of sp³-hybridized carbons (Fsp3) is 0.143. The van der Waals surface area contributed by atoms with Crippen LogP contribution in [0.1, 0.15) is 5.56 Å². The standard InChI is InChI=1S/C21H21NO2S3/c1-22(2)15-16-14-18(10-13-21(16)25)26-17-8-11-20(12-9-17)27(23,24)19-6-4-3-5-7-19/h3-14,25H,15H2,1-2H3. The van der Waals surface area contributed by atoms with Crippen LogP contribution in [0.2, 0.25) is 0 Å². The SMILES string of the molecule is CN(C)Cc1cc(Sc2ccc(S(=O)(=O)c3ccccc3)cc2)ccc1S. The molecule has 0 amide bonds. The summed E-state index contributed by atoms with van der Waals surface area (Å²) < 4.78 is 25.3. The largest absolute Gasteiger partial charge is 0.305 e. The summed E-state index contributed by atoms with van der Waals surface area (Å²) in [6.45, 7) is 0.821. The number of rotatable bonds is 6. The van der Waals surface area contributed by atoms with Gasteiger partial charge in [-0.2, -0.15) is 0 Å². The van der Waals surface area contributed by atoms with Crippen LogP contribution in [0.25, 0.3) is 0 Å². The summed E-state index contributed by atoms with van der Waals surface area (Å²) in [4.78, 5) is 5.78. The lowest BCUT2D eigenvalue weighted by molar-refractivity contribution is 0.399. The molecule has 0 fully saturated rings. The molecule has 6 heteroatoms. The van der Waals surface area contributed by atoms with Crippen molar-refractivity contribution in [1.82, 2.24) is 4.90 Å². The molecule has 3 rings (SSSR count). The number of nitrogens with zero attached hydrogens (tertiary/aromatic N) is 1. The van der Waals surface area contributed by atoms with E-state index in [4.69, 9.17) is 0 Å². The van der Waals surface area contributed by atoms with E-state index in [1.807, 2.05) is 38.4 Å². The van der Waals surface area contributed by atoms with Crippen molar-refractivity contribution in [3.63, 3.8) is 0 Å². The Morgan fingerprint density at radius 2 is 1.44 bits per heavy atom. The van der Waals surface area contributed by atoms with Gasteiger partial charge < -0.3 is 4.90 Å². The molecule has 0 bridgehead atoms. The van der Waals surface area contributed by atoms with E-state index in [-0.39, 0.29) is 0 Å². The first-order valence-electron chi connectivity index (χ1n) is 8.41. The molecule has 0 saturated carbocycles. The smallest absolute Gasteiger partial charge is 0.206 e. The summed E-state index contributed by atoms with van der Waals surface area (Å²) in [7, 11) is 0.574.